The first-order valence-electron chi connectivity index (χ1n) is 9.32. The first kappa shape index (κ1) is 20.9. The third-order valence-corrected chi connectivity index (χ3v) is 5.86. The number of hydrogen-bond donors (Lipinski definition) is 2. The van der Waals surface area contributed by atoms with Crippen molar-refractivity contribution in [2.75, 3.05) is 16.9 Å². The van der Waals surface area contributed by atoms with Crippen LogP contribution in [0.2, 0.25) is 0 Å². The number of benzene rings is 1. The number of nitrogens with zero attached hydrogens (tertiary/aromatic N) is 5. The van der Waals surface area contributed by atoms with Crippen molar-refractivity contribution in [2.24, 2.45) is 0 Å². The summed E-state index contributed by atoms with van der Waals surface area (Å²) in [5.41, 5.74) is 3.46. The van der Waals surface area contributed by atoms with Gasteiger partial charge in [0.15, 0.2) is 5.13 Å². The minimum absolute atomic E-state index is 0.154. The molecule has 0 aliphatic carbocycles. The molecule has 0 bridgehead atoms. The van der Waals surface area contributed by atoms with Gasteiger partial charge in [-0.25, -0.2) is 14.5 Å². The van der Waals surface area contributed by atoms with Crippen LogP contribution in [0.1, 0.15) is 27.3 Å². The maximum Gasteiger partial charge on any atom is 0.257 e. The first-order valence-corrected chi connectivity index (χ1v) is 11.4. The van der Waals surface area contributed by atoms with Gasteiger partial charge in [0.1, 0.15) is 0 Å². The number of amides is 2. The lowest BCUT2D eigenvalue weighted by molar-refractivity contribution is -0.115. The predicted octanol–water partition coefficient (Wildman–Crippen LogP) is 3.35. The van der Waals surface area contributed by atoms with Crippen molar-refractivity contribution in [1.29, 1.82) is 0 Å². The molecule has 31 heavy (non-hydrogen) atoms. The smallest absolute Gasteiger partial charge is 0.257 e. The predicted molar refractivity (Wildman–Crippen MR) is 121 cm³/mol. The normalized spacial score (nSPS) is 10.9. The van der Waals surface area contributed by atoms with E-state index < -0.39 is 0 Å². The summed E-state index contributed by atoms with van der Waals surface area (Å²) in [7, 11) is 0. The summed E-state index contributed by atoms with van der Waals surface area (Å²) >= 11 is 2.79. The summed E-state index contributed by atoms with van der Waals surface area (Å²) < 4.78 is 1.66. The number of thiazole rings is 1. The Hall–Kier alpha value is -3.31. The lowest BCUT2D eigenvalue weighted by Gasteiger charge is -2.11. The molecular weight excluding hydrogens is 434 g/mol. The maximum atomic E-state index is 12.6. The van der Waals surface area contributed by atoms with Crippen LogP contribution in [0.3, 0.4) is 0 Å². The molecule has 3 aromatic heterocycles. The summed E-state index contributed by atoms with van der Waals surface area (Å²) in [6.07, 6.45) is 3.68. The Morgan fingerprint density at radius 2 is 1.90 bits per heavy atom. The minimum atomic E-state index is -0.254. The van der Waals surface area contributed by atoms with Crippen molar-refractivity contribution >= 4 is 51.5 Å². The molecule has 4 aromatic rings. The van der Waals surface area contributed by atoms with Crippen LogP contribution in [0.25, 0.3) is 5.78 Å². The third kappa shape index (κ3) is 4.57. The molecule has 0 unspecified atom stereocenters. The fourth-order valence-corrected chi connectivity index (χ4v) is 3.92. The van der Waals surface area contributed by atoms with Gasteiger partial charge in [0.25, 0.3) is 11.7 Å². The Balaban J connectivity index is 1.44. The number of fused-ring (bicyclic) bond motifs is 1. The third-order valence-electron chi connectivity index (χ3n) is 4.63. The highest BCUT2D eigenvalue weighted by atomic mass is 32.2. The lowest BCUT2D eigenvalue weighted by atomic mass is 10.1. The summed E-state index contributed by atoms with van der Waals surface area (Å²) in [4.78, 5) is 37.7. The zero-order valence-electron chi connectivity index (χ0n) is 17.0. The van der Waals surface area contributed by atoms with E-state index in [4.69, 9.17) is 0 Å². The molecule has 2 amide bonds. The highest BCUT2D eigenvalue weighted by Gasteiger charge is 2.16. The quantitative estimate of drug-likeness (QED) is 0.430. The van der Waals surface area contributed by atoms with E-state index in [1.807, 2.05) is 20.1 Å². The first-order chi connectivity index (χ1) is 14.9. The molecule has 0 atom stereocenters. The van der Waals surface area contributed by atoms with E-state index in [9.17, 15) is 9.59 Å². The second-order valence-corrected chi connectivity index (χ2v) is 8.33. The van der Waals surface area contributed by atoms with Crippen LogP contribution in [0.5, 0.6) is 0 Å². The van der Waals surface area contributed by atoms with Gasteiger partial charge in [-0.1, -0.05) is 11.8 Å². The van der Waals surface area contributed by atoms with E-state index in [1.165, 1.54) is 23.1 Å². The zero-order valence-corrected chi connectivity index (χ0v) is 18.7. The summed E-state index contributed by atoms with van der Waals surface area (Å²) in [5, 5.41) is 13.0. The van der Waals surface area contributed by atoms with Crippen molar-refractivity contribution in [3.05, 3.63) is 58.4 Å². The molecule has 2 N–H and O–H groups in total. The molecule has 0 fully saturated rings. The van der Waals surface area contributed by atoms with Crippen LogP contribution >= 0.6 is 23.1 Å². The average molecular weight is 454 g/mol. The molecule has 158 valence electrons. The van der Waals surface area contributed by atoms with Crippen molar-refractivity contribution in [3.63, 3.8) is 0 Å². The Morgan fingerprint density at radius 1 is 1.13 bits per heavy atom. The molecule has 1 aromatic carbocycles. The molecule has 0 spiro atoms. The number of aryl methyl sites for hydroxylation is 2. The van der Waals surface area contributed by atoms with Gasteiger partial charge in [-0.2, -0.15) is 4.98 Å². The van der Waals surface area contributed by atoms with Gasteiger partial charge in [-0.05, 0) is 44.4 Å². The Morgan fingerprint density at radius 3 is 2.58 bits per heavy atom. The van der Waals surface area contributed by atoms with Crippen LogP contribution in [0.4, 0.5) is 10.8 Å². The summed E-state index contributed by atoms with van der Waals surface area (Å²) in [6, 6.07) is 6.69. The fraction of sp³-hybridized carbons (Fsp3) is 0.200. The Bertz CT molecular complexity index is 1250. The number of carbonyl (C=O) groups excluding carboxylic acids is 2. The fourth-order valence-electron chi connectivity index (χ4n) is 3.06. The number of aromatic nitrogens is 5. The number of hydrogen-bond acceptors (Lipinski definition) is 8. The molecule has 0 saturated heterocycles. The lowest BCUT2D eigenvalue weighted by Crippen LogP contribution is -2.18. The second kappa shape index (κ2) is 8.82. The van der Waals surface area contributed by atoms with Crippen molar-refractivity contribution in [3.8, 4) is 0 Å². The number of nitrogens with one attached hydrogen (secondary N) is 2. The van der Waals surface area contributed by atoms with Gasteiger partial charge >= 0.3 is 0 Å². The van der Waals surface area contributed by atoms with Crippen LogP contribution in [-0.2, 0) is 11.2 Å². The van der Waals surface area contributed by atoms with Gasteiger partial charge in [-0.15, -0.1) is 16.4 Å². The molecule has 0 radical (unpaired) electrons. The largest absolute Gasteiger partial charge is 0.326 e. The van der Waals surface area contributed by atoms with E-state index in [0.29, 0.717) is 27.3 Å². The minimum Gasteiger partial charge on any atom is -0.326 e. The molecule has 11 heteroatoms. The second-order valence-electron chi connectivity index (χ2n) is 6.67. The monoisotopic (exact) mass is 453 g/mol. The highest BCUT2D eigenvalue weighted by molar-refractivity contribution is 7.98. The maximum absolute atomic E-state index is 12.6. The molecule has 0 aliphatic rings. The van der Waals surface area contributed by atoms with E-state index in [2.05, 4.69) is 30.7 Å². The summed E-state index contributed by atoms with van der Waals surface area (Å²) in [5.74, 6) is 0.0866. The average Bonchev–Trinajstić information content (AvgIpc) is 3.41. The topological polar surface area (TPSA) is 114 Å². The number of thioether (sulfide) groups is 1. The Kier molecular flexibility index (Phi) is 5.96. The molecule has 4 rings (SSSR count). The SMILES string of the molecule is CSc1nc2nc(C)c(CC(=O)Nc3ccc(C(=O)Nc4nccs4)cc3)c(C)n2n1. The molecule has 0 saturated carbocycles. The van der Waals surface area contributed by atoms with Gasteiger partial charge in [0.05, 0.1) is 6.42 Å². The highest BCUT2D eigenvalue weighted by Crippen LogP contribution is 2.18. The Labute approximate surface area is 186 Å². The van der Waals surface area contributed by atoms with E-state index in [1.54, 1.807) is 40.4 Å². The number of anilines is 2. The van der Waals surface area contributed by atoms with Crippen LogP contribution in [0, 0.1) is 13.8 Å². The van der Waals surface area contributed by atoms with E-state index in [0.717, 1.165) is 17.0 Å². The van der Waals surface area contributed by atoms with Crippen molar-refractivity contribution < 1.29 is 9.59 Å². The zero-order chi connectivity index (χ0) is 22.0. The number of carbonyl (C=O) groups is 2. The molecular formula is C20H19N7O2S2. The molecule has 3 heterocycles. The van der Waals surface area contributed by atoms with E-state index in [-0.39, 0.29) is 18.2 Å². The number of rotatable bonds is 6. The van der Waals surface area contributed by atoms with Gasteiger partial charge in [-0.3, -0.25) is 14.9 Å². The van der Waals surface area contributed by atoms with Crippen molar-refractivity contribution in [2.45, 2.75) is 25.4 Å². The summed E-state index contributed by atoms with van der Waals surface area (Å²) in [6.45, 7) is 3.76. The molecule has 9 nitrogen and oxygen atoms in total. The van der Waals surface area contributed by atoms with Crippen molar-refractivity contribution in [1.82, 2.24) is 24.6 Å². The standard InChI is InChI=1S/C20H19N7O2S2/c1-11-15(12(2)27-18(22-11)25-20(26-27)30-3)10-16(28)23-14-6-4-13(5-7-14)17(29)24-19-21-8-9-31-19/h4-9H,10H2,1-3H3,(H,23,28)(H,21,24,29). The van der Waals surface area contributed by atoms with Gasteiger partial charge in [0, 0.05) is 39.8 Å². The van der Waals surface area contributed by atoms with Gasteiger partial charge in [0.2, 0.25) is 11.1 Å². The van der Waals surface area contributed by atoms with Crippen LogP contribution < -0.4 is 10.6 Å². The van der Waals surface area contributed by atoms with E-state index >= 15 is 0 Å². The van der Waals surface area contributed by atoms with Crippen LogP contribution in [0.15, 0.2) is 41.0 Å². The van der Waals surface area contributed by atoms with Crippen LogP contribution in [-0.4, -0.2) is 42.6 Å². The van der Waals surface area contributed by atoms with Gasteiger partial charge < -0.3 is 5.32 Å². The molecule has 0 aliphatic heterocycles.